The van der Waals surface area contributed by atoms with E-state index in [0.717, 1.165) is 11.1 Å². The van der Waals surface area contributed by atoms with E-state index in [-0.39, 0.29) is 16.1 Å². The highest BCUT2D eigenvalue weighted by Crippen LogP contribution is 2.32. The van der Waals surface area contributed by atoms with Crippen LogP contribution in [0.25, 0.3) is 0 Å². The molecule has 0 fully saturated rings. The molecule has 0 aliphatic carbocycles. The zero-order valence-electron chi connectivity index (χ0n) is 17.3. The van der Waals surface area contributed by atoms with E-state index in [9.17, 15) is 16.8 Å². The Morgan fingerprint density at radius 2 is 1.66 bits per heavy atom. The summed E-state index contributed by atoms with van der Waals surface area (Å²) >= 11 is 0. The molecule has 8 heteroatoms. The van der Waals surface area contributed by atoms with Gasteiger partial charge in [-0.3, -0.25) is 9.03 Å². The Balaban J connectivity index is 1.87. The van der Waals surface area contributed by atoms with Crippen molar-refractivity contribution in [1.29, 1.82) is 0 Å². The number of fused-ring (bicyclic) bond motifs is 1. The van der Waals surface area contributed by atoms with Gasteiger partial charge in [-0.2, -0.15) is 0 Å². The number of hydrogen-bond acceptors (Lipinski definition) is 4. The maximum atomic E-state index is 12.8. The Bertz CT molecular complexity index is 1100. The molecule has 0 saturated heterocycles. The standard InChI is InChI=1S/C21H28N2O4S2/c1-5-28(24,25)23-14-6-7-16-15-18(10-13-20(16)23)22-29(26,27)19-11-8-17(9-12-19)21(2,3)4/h8-13,15,22H,5-7,14H2,1-4H3. The number of rotatable bonds is 5. The summed E-state index contributed by atoms with van der Waals surface area (Å²) in [6, 6.07) is 11.9. The molecular formula is C21H28N2O4S2. The van der Waals surface area contributed by atoms with Crippen LogP contribution in [-0.2, 0) is 31.9 Å². The number of aryl methyl sites for hydroxylation is 1. The summed E-state index contributed by atoms with van der Waals surface area (Å²) in [7, 11) is -7.08. The van der Waals surface area contributed by atoms with Crippen molar-refractivity contribution in [2.75, 3.05) is 21.3 Å². The Morgan fingerprint density at radius 3 is 2.24 bits per heavy atom. The predicted octanol–water partition coefficient (Wildman–Crippen LogP) is 3.89. The first-order valence-electron chi connectivity index (χ1n) is 9.71. The lowest BCUT2D eigenvalue weighted by molar-refractivity contribution is 0.587. The molecule has 1 aliphatic rings. The van der Waals surface area contributed by atoms with Gasteiger partial charge in [-0.15, -0.1) is 0 Å². The summed E-state index contributed by atoms with van der Waals surface area (Å²) in [6.07, 6.45) is 1.41. The first kappa shape index (κ1) is 21.6. The highest BCUT2D eigenvalue weighted by atomic mass is 32.2. The van der Waals surface area contributed by atoms with Crippen molar-refractivity contribution in [3.63, 3.8) is 0 Å². The van der Waals surface area contributed by atoms with E-state index in [1.165, 1.54) is 4.31 Å². The molecule has 2 aromatic carbocycles. The van der Waals surface area contributed by atoms with Gasteiger partial charge in [-0.1, -0.05) is 32.9 Å². The maximum Gasteiger partial charge on any atom is 0.261 e. The minimum Gasteiger partial charge on any atom is -0.280 e. The molecule has 1 aliphatic heterocycles. The third kappa shape index (κ3) is 4.59. The van der Waals surface area contributed by atoms with Gasteiger partial charge in [0.2, 0.25) is 10.0 Å². The van der Waals surface area contributed by atoms with Crippen LogP contribution in [0.1, 0.15) is 45.2 Å². The first-order valence-corrected chi connectivity index (χ1v) is 12.8. The van der Waals surface area contributed by atoms with Crippen molar-refractivity contribution >= 4 is 31.4 Å². The Morgan fingerprint density at radius 1 is 1.00 bits per heavy atom. The third-order valence-corrected chi connectivity index (χ3v) is 8.32. The molecule has 0 radical (unpaired) electrons. The van der Waals surface area contributed by atoms with Crippen molar-refractivity contribution in [1.82, 2.24) is 0 Å². The molecule has 6 nitrogen and oxygen atoms in total. The average molecular weight is 437 g/mol. The van der Waals surface area contributed by atoms with Gasteiger partial charge < -0.3 is 0 Å². The first-order chi connectivity index (χ1) is 13.4. The minimum atomic E-state index is -3.73. The van der Waals surface area contributed by atoms with E-state index in [0.29, 0.717) is 30.8 Å². The number of benzene rings is 2. The highest BCUT2D eigenvalue weighted by molar-refractivity contribution is 7.93. The van der Waals surface area contributed by atoms with E-state index in [1.54, 1.807) is 37.3 Å². The van der Waals surface area contributed by atoms with E-state index in [1.807, 2.05) is 12.1 Å². The fourth-order valence-corrected chi connectivity index (χ4v) is 5.67. The number of nitrogens with one attached hydrogen (secondary N) is 1. The fourth-order valence-electron chi connectivity index (χ4n) is 3.42. The number of nitrogens with zero attached hydrogens (tertiary/aromatic N) is 1. The molecule has 0 bridgehead atoms. The quantitative estimate of drug-likeness (QED) is 0.771. The fraction of sp³-hybridized carbons (Fsp3) is 0.429. The second kappa shape index (κ2) is 7.65. The molecule has 0 amide bonds. The van der Waals surface area contributed by atoms with Crippen LogP contribution in [0.3, 0.4) is 0 Å². The van der Waals surface area contributed by atoms with E-state index >= 15 is 0 Å². The van der Waals surface area contributed by atoms with E-state index < -0.39 is 20.0 Å². The van der Waals surface area contributed by atoms with Crippen LogP contribution in [0.15, 0.2) is 47.4 Å². The molecule has 0 atom stereocenters. The molecule has 0 unspecified atom stereocenters. The van der Waals surface area contributed by atoms with Crippen LogP contribution in [0, 0.1) is 0 Å². The second-order valence-electron chi connectivity index (χ2n) is 8.30. The SMILES string of the molecule is CCS(=O)(=O)N1CCCc2cc(NS(=O)(=O)c3ccc(C(C)(C)C)cc3)ccc21. The Kier molecular flexibility index (Phi) is 5.71. The van der Waals surface area contributed by atoms with E-state index in [2.05, 4.69) is 25.5 Å². The molecule has 0 saturated carbocycles. The van der Waals surface area contributed by atoms with Gasteiger partial charge in [0.1, 0.15) is 0 Å². The summed E-state index contributed by atoms with van der Waals surface area (Å²) in [6.45, 7) is 8.29. The molecule has 1 heterocycles. The zero-order valence-corrected chi connectivity index (χ0v) is 18.9. The molecule has 0 spiro atoms. The van der Waals surface area contributed by atoms with Crippen molar-refractivity contribution in [2.24, 2.45) is 0 Å². The summed E-state index contributed by atoms with van der Waals surface area (Å²) in [5.41, 5.74) is 2.90. The number of hydrogen-bond donors (Lipinski definition) is 1. The monoisotopic (exact) mass is 436 g/mol. The third-order valence-electron chi connectivity index (χ3n) is 5.14. The molecule has 0 aromatic heterocycles. The van der Waals surface area contributed by atoms with Crippen molar-refractivity contribution in [3.05, 3.63) is 53.6 Å². The largest absolute Gasteiger partial charge is 0.280 e. The summed E-state index contributed by atoms with van der Waals surface area (Å²) < 4.78 is 54.3. The van der Waals surface area contributed by atoms with Gasteiger partial charge in [0.25, 0.3) is 10.0 Å². The molecule has 3 rings (SSSR count). The van der Waals surface area contributed by atoms with Gasteiger partial charge in [-0.05, 0) is 66.6 Å². The zero-order chi connectivity index (χ0) is 21.4. The van der Waals surface area contributed by atoms with Crippen molar-refractivity contribution in [3.8, 4) is 0 Å². The van der Waals surface area contributed by atoms with E-state index in [4.69, 9.17) is 0 Å². The molecule has 29 heavy (non-hydrogen) atoms. The second-order valence-corrected chi connectivity index (χ2v) is 12.2. The molecular weight excluding hydrogens is 408 g/mol. The lowest BCUT2D eigenvalue weighted by Gasteiger charge is -2.30. The summed E-state index contributed by atoms with van der Waals surface area (Å²) in [5, 5.41) is 0. The van der Waals surface area contributed by atoms with Gasteiger partial charge in [0.05, 0.1) is 16.3 Å². The maximum absolute atomic E-state index is 12.8. The van der Waals surface area contributed by atoms with Crippen LogP contribution >= 0.6 is 0 Å². The molecule has 2 aromatic rings. The van der Waals surface area contributed by atoms with Gasteiger partial charge in [0, 0.05) is 12.2 Å². The van der Waals surface area contributed by atoms with Crippen LogP contribution in [0.4, 0.5) is 11.4 Å². The molecule has 1 N–H and O–H groups in total. The summed E-state index contributed by atoms with van der Waals surface area (Å²) in [4.78, 5) is 0.193. The van der Waals surface area contributed by atoms with Crippen LogP contribution in [0.5, 0.6) is 0 Å². The number of anilines is 2. The Labute approximate surface area is 174 Å². The predicted molar refractivity (Wildman–Crippen MR) is 118 cm³/mol. The molecule has 158 valence electrons. The van der Waals surface area contributed by atoms with Crippen LogP contribution in [-0.4, -0.2) is 29.1 Å². The van der Waals surface area contributed by atoms with Crippen molar-refractivity contribution in [2.45, 2.75) is 50.8 Å². The smallest absolute Gasteiger partial charge is 0.261 e. The number of sulfonamides is 2. The highest BCUT2D eigenvalue weighted by Gasteiger charge is 2.26. The normalized spacial score (nSPS) is 15.1. The van der Waals surface area contributed by atoms with Crippen LogP contribution < -0.4 is 9.03 Å². The van der Waals surface area contributed by atoms with Gasteiger partial charge >= 0.3 is 0 Å². The topological polar surface area (TPSA) is 83.6 Å². The Hall–Kier alpha value is -2.06. The lowest BCUT2D eigenvalue weighted by atomic mass is 9.87. The van der Waals surface area contributed by atoms with Crippen molar-refractivity contribution < 1.29 is 16.8 Å². The minimum absolute atomic E-state index is 0.0331. The lowest BCUT2D eigenvalue weighted by Crippen LogP contribution is -2.36. The average Bonchev–Trinajstić information content (AvgIpc) is 2.66. The van der Waals surface area contributed by atoms with Gasteiger partial charge in [0.15, 0.2) is 0 Å². The summed E-state index contributed by atoms with van der Waals surface area (Å²) in [5.74, 6) is 0.0331. The van der Waals surface area contributed by atoms with Gasteiger partial charge in [-0.25, -0.2) is 16.8 Å². The van der Waals surface area contributed by atoms with Crippen LogP contribution in [0.2, 0.25) is 0 Å².